The zero-order valence-corrected chi connectivity index (χ0v) is 31.2. The van der Waals surface area contributed by atoms with Crippen molar-refractivity contribution in [3.8, 4) is 51.0 Å². The van der Waals surface area contributed by atoms with Crippen LogP contribution in [-0.4, -0.2) is 19.5 Å². The van der Waals surface area contributed by atoms with E-state index in [4.69, 9.17) is 19.4 Å². The van der Waals surface area contributed by atoms with Gasteiger partial charge in [-0.15, -0.1) is 11.3 Å². The molecule has 0 aliphatic carbocycles. The second kappa shape index (κ2) is 12.6. The van der Waals surface area contributed by atoms with E-state index in [2.05, 4.69) is 138 Å². The zero-order valence-electron chi connectivity index (χ0n) is 30.4. The van der Waals surface area contributed by atoms with Gasteiger partial charge in [0, 0.05) is 64.1 Å². The number of thiophene rings is 1. The molecule has 0 N–H and O–H groups in total. The summed E-state index contributed by atoms with van der Waals surface area (Å²) in [4.78, 5) is 15.4. The molecule has 0 amide bonds. The molecule has 0 atom stereocenters. The molecule has 8 aromatic carbocycles. The van der Waals surface area contributed by atoms with Gasteiger partial charge in [-0.2, -0.15) is 0 Å². The predicted octanol–water partition coefficient (Wildman–Crippen LogP) is 13.9. The standard InChI is InChI=1S/C51H30N4OS/c1-3-13-32(14-4-1)49-52-50(33-15-5-2-6-16-33)54-51(53-49)41-30-34(29-40-46-45(57-48(40)41)28-27-39-38-19-9-12-22-44(38)56-47(39)46)31-23-25-35(26-24-31)55-42-20-10-7-17-36(42)37-18-8-11-21-43(37)55/h1-30H. The first-order valence-corrected chi connectivity index (χ1v) is 19.8. The van der Waals surface area contributed by atoms with Gasteiger partial charge in [-0.3, -0.25) is 0 Å². The van der Waals surface area contributed by atoms with Crippen molar-refractivity contribution >= 4 is 75.3 Å². The molecule has 0 fully saturated rings. The van der Waals surface area contributed by atoms with E-state index in [9.17, 15) is 0 Å². The highest BCUT2D eigenvalue weighted by Gasteiger charge is 2.22. The molecule has 57 heavy (non-hydrogen) atoms. The number of hydrogen-bond acceptors (Lipinski definition) is 5. The molecular formula is C51H30N4OS. The highest BCUT2D eigenvalue weighted by molar-refractivity contribution is 7.26. The minimum atomic E-state index is 0.629. The Kier molecular flexibility index (Phi) is 7.03. The molecule has 0 radical (unpaired) electrons. The van der Waals surface area contributed by atoms with Gasteiger partial charge in [0.1, 0.15) is 11.2 Å². The van der Waals surface area contributed by atoms with E-state index in [1.54, 1.807) is 11.3 Å². The van der Waals surface area contributed by atoms with E-state index < -0.39 is 0 Å². The Labute approximate surface area is 330 Å². The highest BCUT2D eigenvalue weighted by Crippen LogP contribution is 2.46. The lowest BCUT2D eigenvalue weighted by Gasteiger charge is -2.12. The van der Waals surface area contributed by atoms with Gasteiger partial charge in [-0.1, -0.05) is 127 Å². The molecule has 4 aromatic heterocycles. The number of nitrogens with zero attached hydrogens (tertiary/aromatic N) is 4. The number of hydrogen-bond donors (Lipinski definition) is 0. The third-order valence-electron chi connectivity index (χ3n) is 11.1. The average Bonchev–Trinajstić information content (AvgIpc) is 3.96. The van der Waals surface area contributed by atoms with Crippen molar-refractivity contribution in [3.05, 3.63) is 182 Å². The third-order valence-corrected chi connectivity index (χ3v) is 12.3. The minimum absolute atomic E-state index is 0.629. The molecule has 0 unspecified atom stereocenters. The fourth-order valence-electron chi connectivity index (χ4n) is 8.41. The van der Waals surface area contributed by atoms with Crippen molar-refractivity contribution in [3.63, 3.8) is 0 Å². The quantitative estimate of drug-likeness (QED) is 0.176. The van der Waals surface area contributed by atoms with Crippen LogP contribution in [0.3, 0.4) is 0 Å². The summed E-state index contributed by atoms with van der Waals surface area (Å²) < 4.78 is 11.3. The summed E-state index contributed by atoms with van der Waals surface area (Å²) in [6, 6.07) is 63.8. The van der Waals surface area contributed by atoms with Crippen LogP contribution in [-0.2, 0) is 0 Å². The van der Waals surface area contributed by atoms with Gasteiger partial charge in [0.15, 0.2) is 17.5 Å². The van der Waals surface area contributed by atoms with Crippen LogP contribution in [0.2, 0.25) is 0 Å². The van der Waals surface area contributed by atoms with E-state index in [0.717, 1.165) is 75.6 Å². The van der Waals surface area contributed by atoms with Crippen LogP contribution in [0, 0.1) is 0 Å². The molecule has 6 heteroatoms. The normalized spacial score (nSPS) is 11.9. The van der Waals surface area contributed by atoms with Gasteiger partial charge >= 0.3 is 0 Å². The average molecular weight is 747 g/mol. The van der Waals surface area contributed by atoms with Crippen molar-refractivity contribution < 1.29 is 4.42 Å². The largest absolute Gasteiger partial charge is 0.455 e. The highest BCUT2D eigenvalue weighted by atomic mass is 32.1. The first kappa shape index (κ1) is 31.9. The molecule has 0 aliphatic rings. The second-order valence-corrected chi connectivity index (χ2v) is 15.4. The molecule has 0 aliphatic heterocycles. The lowest BCUT2D eigenvalue weighted by atomic mass is 9.98. The summed E-state index contributed by atoms with van der Waals surface area (Å²) >= 11 is 1.75. The lowest BCUT2D eigenvalue weighted by Crippen LogP contribution is -2.00. The van der Waals surface area contributed by atoms with Crippen LogP contribution in [0.1, 0.15) is 0 Å². The van der Waals surface area contributed by atoms with Crippen LogP contribution < -0.4 is 0 Å². The molecule has 12 rings (SSSR count). The maximum atomic E-state index is 6.67. The van der Waals surface area contributed by atoms with Gasteiger partial charge in [0.2, 0.25) is 0 Å². The summed E-state index contributed by atoms with van der Waals surface area (Å²) in [6.07, 6.45) is 0. The van der Waals surface area contributed by atoms with E-state index >= 15 is 0 Å². The molecule has 4 heterocycles. The van der Waals surface area contributed by atoms with E-state index in [-0.39, 0.29) is 0 Å². The molecule has 0 bridgehead atoms. The molecule has 0 saturated carbocycles. The van der Waals surface area contributed by atoms with Gasteiger partial charge in [0.05, 0.1) is 11.0 Å². The molecule has 0 saturated heterocycles. The van der Waals surface area contributed by atoms with Crippen LogP contribution in [0.25, 0.3) is 115 Å². The first-order chi connectivity index (χ1) is 28.2. The Hall–Kier alpha value is -7.41. The maximum absolute atomic E-state index is 6.67. The van der Waals surface area contributed by atoms with Crippen molar-refractivity contribution in [1.82, 2.24) is 19.5 Å². The van der Waals surface area contributed by atoms with Crippen molar-refractivity contribution in [1.29, 1.82) is 0 Å². The van der Waals surface area contributed by atoms with Crippen LogP contribution in [0.5, 0.6) is 0 Å². The maximum Gasteiger partial charge on any atom is 0.165 e. The predicted molar refractivity (Wildman–Crippen MR) is 236 cm³/mol. The third kappa shape index (κ3) is 5.04. The zero-order chi connectivity index (χ0) is 37.5. The number of furan rings is 1. The SMILES string of the molecule is c1ccc(-c2nc(-c3ccccc3)nc(-c3cc(-c4ccc(-n5c6ccccc6c6ccccc65)cc4)cc4c3sc3ccc5c6ccccc6oc5c34)n2)cc1. The van der Waals surface area contributed by atoms with Crippen molar-refractivity contribution in [2.24, 2.45) is 0 Å². The van der Waals surface area contributed by atoms with E-state index in [0.29, 0.717) is 17.5 Å². The Morgan fingerprint density at radius 3 is 1.67 bits per heavy atom. The Morgan fingerprint density at radius 1 is 0.421 bits per heavy atom. The summed E-state index contributed by atoms with van der Waals surface area (Å²) in [6.45, 7) is 0. The molecule has 266 valence electrons. The van der Waals surface area contributed by atoms with Gasteiger partial charge in [0.25, 0.3) is 0 Å². The van der Waals surface area contributed by atoms with E-state index in [1.165, 1.54) is 21.8 Å². The van der Waals surface area contributed by atoms with Crippen molar-refractivity contribution in [2.45, 2.75) is 0 Å². The number of para-hydroxylation sites is 3. The number of fused-ring (bicyclic) bond motifs is 10. The van der Waals surface area contributed by atoms with Crippen molar-refractivity contribution in [2.75, 3.05) is 0 Å². The Morgan fingerprint density at radius 2 is 1.00 bits per heavy atom. The molecule has 12 aromatic rings. The minimum Gasteiger partial charge on any atom is -0.455 e. The number of benzene rings is 8. The monoisotopic (exact) mass is 746 g/mol. The molecule has 0 spiro atoms. The van der Waals surface area contributed by atoms with Crippen LogP contribution in [0.15, 0.2) is 186 Å². The summed E-state index contributed by atoms with van der Waals surface area (Å²) in [5.74, 6) is 1.90. The summed E-state index contributed by atoms with van der Waals surface area (Å²) in [5, 5.41) is 6.93. The van der Waals surface area contributed by atoms with Gasteiger partial charge < -0.3 is 8.98 Å². The molecular weight excluding hydrogens is 717 g/mol. The smallest absolute Gasteiger partial charge is 0.165 e. The Balaban J connectivity index is 1.12. The second-order valence-electron chi connectivity index (χ2n) is 14.4. The fourth-order valence-corrected chi connectivity index (χ4v) is 9.60. The van der Waals surface area contributed by atoms with Gasteiger partial charge in [-0.05, 0) is 65.7 Å². The number of rotatable bonds is 5. The Bertz CT molecular complexity index is 3400. The van der Waals surface area contributed by atoms with Crippen LogP contribution >= 0.6 is 11.3 Å². The van der Waals surface area contributed by atoms with E-state index in [1.807, 2.05) is 48.5 Å². The number of aromatic nitrogens is 4. The molecule has 5 nitrogen and oxygen atoms in total. The topological polar surface area (TPSA) is 56.7 Å². The summed E-state index contributed by atoms with van der Waals surface area (Å²) in [5.41, 5.74) is 10.3. The lowest BCUT2D eigenvalue weighted by molar-refractivity contribution is 0.673. The summed E-state index contributed by atoms with van der Waals surface area (Å²) in [7, 11) is 0. The first-order valence-electron chi connectivity index (χ1n) is 19.0. The fraction of sp³-hybridized carbons (Fsp3) is 0. The van der Waals surface area contributed by atoms with Crippen LogP contribution in [0.4, 0.5) is 0 Å². The van der Waals surface area contributed by atoms with Gasteiger partial charge in [-0.25, -0.2) is 15.0 Å².